The summed E-state index contributed by atoms with van der Waals surface area (Å²) in [6, 6.07) is 76.3. The molecule has 5 nitrogen and oxygen atoms in total. The van der Waals surface area contributed by atoms with Gasteiger partial charge in [-0.25, -0.2) is 15.0 Å². The van der Waals surface area contributed by atoms with Crippen LogP contribution in [0.15, 0.2) is 223 Å². The quantitative estimate of drug-likeness (QED) is 0.161. The van der Waals surface area contributed by atoms with Crippen molar-refractivity contribution in [3.63, 3.8) is 0 Å². The Morgan fingerprint density at radius 2 is 0.774 bits per heavy atom. The van der Waals surface area contributed by atoms with E-state index in [9.17, 15) is 0 Å². The first kappa shape index (κ1) is 35.5. The molecule has 3 aromatic heterocycles. The largest absolute Gasteiger partial charge is 0.454 e. The molecule has 0 bridgehead atoms. The Labute approximate surface area is 357 Å². The van der Waals surface area contributed by atoms with E-state index in [1.165, 1.54) is 22.1 Å². The summed E-state index contributed by atoms with van der Waals surface area (Å²) in [5.74, 6) is 1.83. The molecule has 0 N–H and O–H groups in total. The highest BCUT2D eigenvalue weighted by Crippen LogP contribution is 2.41. The second-order valence-corrected chi connectivity index (χ2v) is 15.6. The van der Waals surface area contributed by atoms with Gasteiger partial charge in [-0.3, -0.25) is 0 Å². The third kappa shape index (κ3) is 6.14. The first-order chi connectivity index (χ1) is 30.7. The second kappa shape index (κ2) is 14.7. The first-order valence-electron chi connectivity index (χ1n) is 20.8. The van der Waals surface area contributed by atoms with Crippen molar-refractivity contribution >= 4 is 43.7 Å². The van der Waals surface area contributed by atoms with Crippen LogP contribution in [0.2, 0.25) is 0 Å². The molecular formula is C57H36N4O. The van der Waals surface area contributed by atoms with E-state index in [-0.39, 0.29) is 0 Å². The van der Waals surface area contributed by atoms with E-state index < -0.39 is 0 Å². The summed E-state index contributed by atoms with van der Waals surface area (Å²) >= 11 is 0. The zero-order valence-corrected chi connectivity index (χ0v) is 33.5. The van der Waals surface area contributed by atoms with Crippen molar-refractivity contribution in [2.45, 2.75) is 0 Å². The Balaban J connectivity index is 0.989. The van der Waals surface area contributed by atoms with E-state index in [2.05, 4.69) is 180 Å². The maximum absolute atomic E-state index is 6.86. The number of rotatable bonds is 7. The molecule has 0 unspecified atom stereocenters. The monoisotopic (exact) mass is 792 g/mol. The predicted molar refractivity (Wildman–Crippen MR) is 254 cm³/mol. The van der Waals surface area contributed by atoms with E-state index >= 15 is 0 Å². The molecule has 0 spiro atoms. The smallest absolute Gasteiger partial charge is 0.164 e. The second-order valence-electron chi connectivity index (χ2n) is 15.6. The van der Waals surface area contributed by atoms with Gasteiger partial charge in [0.05, 0.1) is 11.0 Å². The number of para-hydroxylation sites is 1. The molecule has 0 aliphatic rings. The fourth-order valence-electron chi connectivity index (χ4n) is 8.82. The molecule has 0 saturated carbocycles. The number of fused-ring (bicyclic) bond motifs is 7. The molecule has 0 fully saturated rings. The van der Waals surface area contributed by atoms with Crippen molar-refractivity contribution in [3.05, 3.63) is 218 Å². The third-order valence-electron chi connectivity index (χ3n) is 11.9. The standard InChI is InChI=1S/C57H36N4O/c1-4-14-37(15-5-1)41-20-12-21-42(34-41)39-26-29-46(30-27-39)61-51-25-11-10-24-47(51)48-31-32-49-50-36-45(28-33-52(50)62-54(49)53(48)61)57-59-55(40-18-8-3-9-19-40)58-56(60-57)44-23-13-22-43(35-44)38-16-6-2-7-17-38/h1-36H. The molecule has 0 aliphatic carbocycles. The van der Waals surface area contributed by atoms with Crippen molar-refractivity contribution in [1.29, 1.82) is 0 Å². The van der Waals surface area contributed by atoms with Crippen molar-refractivity contribution in [3.8, 4) is 73.2 Å². The SMILES string of the molecule is c1ccc(-c2cccc(-c3ccc(-n4c5ccccc5c5ccc6c7cc(-c8nc(-c9ccccc9)nc(-c9cccc(-c%10ccccc%10)c9)n8)ccc7oc6c54)cc3)c2)cc1. The van der Waals surface area contributed by atoms with Gasteiger partial charge >= 0.3 is 0 Å². The average Bonchev–Trinajstić information content (AvgIpc) is 3.90. The number of nitrogens with zero attached hydrogens (tertiary/aromatic N) is 4. The minimum Gasteiger partial charge on any atom is -0.454 e. The van der Waals surface area contributed by atoms with E-state index in [0.29, 0.717) is 17.5 Å². The molecule has 3 heterocycles. The zero-order valence-electron chi connectivity index (χ0n) is 33.5. The van der Waals surface area contributed by atoms with E-state index in [1.54, 1.807) is 0 Å². The van der Waals surface area contributed by atoms with Crippen molar-refractivity contribution in [1.82, 2.24) is 19.5 Å². The predicted octanol–water partition coefficient (Wildman–Crippen LogP) is 14.9. The highest BCUT2D eigenvalue weighted by atomic mass is 16.3. The van der Waals surface area contributed by atoms with Crippen molar-refractivity contribution in [2.75, 3.05) is 0 Å². The summed E-state index contributed by atoms with van der Waals surface area (Å²) in [6.45, 7) is 0. The van der Waals surface area contributed by atoms with Crippen molar-refractivity contribution in [2.24, 2.45) is 0 Å². The maximum Gasteiger partial charge on any atom is 0.164 e. The fourth-order valence-corrected chi connectivity index (χ4v) is 8.82. The van der Waals surface area contributed by atoms with Crippen LogP contribution in [0.4, 0.5) is 0 Å². The van der Waals surface area contributed by atoms with Gasteiger partial charge < -0.3 is 8.98 Å². The summed E-state index contributed by atoms with van der Waals surface area (Å²) in [5.41, 5.74) is 14.6. The maximum atomic E-state index is 6.86. The van der Waals surface area contributed by atoms with Crippen LogP contribution in [0.1, 0.15) is 0 Å². The molecule has 0 atom stereocenters. The molecule has 9 aromatic carbocycles. The van der Waals surface area contributed by atoms with Gasteiger partial charge in [0.1, 0.15) is 5.58 Å². The highest BCUT2D eigenvalue weighted by Gasteiger charge is 2.21. The Bertz CT molecular complexity index is 3610. The Hall–Kier alpha value is -8.41. The molecule has 0 amide bonds. The summed E-state index contributed by atoms with van der Waals surface area (Å²) in [4.78, 5) is 15.2. The topological polar surface area (TPSA) is 56.7 Å². The molecule has 0 saturated heterocycles. The van der Waals surface area contributed by atoms with Gasteiger partial charge in [-0.2, -0.15) is 0 Å². The minimum atomic E-state index is 0.597. The third-order valence-corrected chi connectivity index (χ3v) is 11.9. The summed E-state index contributed by atoms with van der Waals surface area (Å²) < 4.78 is 9.21. The summed E-state index contributed by atoms with van der Waals surface area (Å²) in [5, 5.41) is 4.34. The lowest BCUT2D eigenvalue weighted by Gasteiger charge is -2.10. The molecule has 12 rings (SSSR count). The van der Waals surface area contributed by atoms with Crippen LogP contribution >= 0.6 is 0 Å². The summed E-state index contributed by atoms with van der Waals surface area (Å²) in [6.07, 6.45) is 0. The van der Waals surface area contributed by atoms with E-state index in [0.717, 1.165) is 77.4 Å². The minimum absolute atomic E-state index is 0.597. The van der Waals surface area contributed by atoms with Gasteiger partial charge in [0.15, 0.2) is 23.1 Å². The van der Waals surface area contributed by atoms with Gasteiger partial charge in [-0.15, -0.1) is 0 Å². The van der Waals surface area contributed by atoms with E-state index in [4.69, 9.17) is 19.4 Å². The number of benzene rings is 9. The first-order valence-corrected chi connectivity index (χ1v) is 20.8. The van der Waals surface area contributed by atoms with Gasteiger partial charge in [-0.05, 0) is 88.0 Å². The van der Waals surface area contributed by atoms with Crippen LogP contribution in [0.3, 0.4) is 0 Å². The van der Waals surface area contributed by atoms with Crippen LogP contribution < -0.4 is 0 Å². The lowest BCUT2D eigenvalue weighted by atomic mass is 9.99. The van der Waals surface area contributed by atoms with Gasteiger partial charge in [0, 0.05) is 43.9 Å². The number of hydrogen-bond donors (Lipinski definition) is 0. The Morgan fingerprint density at radius 1 is 0.306 bits per heavy atom. The molecule has 0 aliphatic heterocycles. The number of hydrogen-bond acceptors (Lipinski definition) is 4. The molecule has 290 valence electrons. The van der Waals surface area contributed by atoms with Crippen LogP contribution in [0.25, 0.3) is 117 Å². The van der Waals surface area contributed by atoms with Gasteiger partial charge in [-0.1, -0.05) is 164 Å². The van der Waals surface area contributed by atoms with Crippen LogP contribution in [-0.4, -0.2) is 19.5 Å². The molecule has 12 aromatic rings. The van der Waals surface area contributed by atoms with Gasteiger partial charge in [0.25, 0.3) is 0 Å². The van der Waals surface area contributed by atoms with E-state index in [1.807, 2.05) is 42.5 Å². The zero-order chi connectivity index (χ0) is 41.0. The average molecular weight is 793 g/mol. The fraction of sp³-hybridized carbons (Fsp3) is 0. The number of aromatic nitrogens is 4. The Morgan fingerprint density at radius 3 is 1.42 bits per heavy atom. The van der Waals surface area contributed by atoms with Crippen LogP contribution in [0.5, 0.6) is 0 Å². The summed E-state index contributed by atoms with van der Waals surface area (Å²) in [7, 11) is 0. The van der Waals surface area contributed by atoms with Crippen LogP contribution in [-0.2, 0) is 0 Å². The molecule has 0 radical (unpaired) electrons. The normalized spacial score (nSPS) is 11.5. The highest BCUT2D eigenvalue weighted by molar-refractivity contribution is 6.21. The molecular weight excluding hydrogens is 757 g/mol. The lowest BCUT2D eigenvalue weighted by Crippen LogP contribution is -2.00. The Kier molecular flexibility index (Phi) is 8.42. The molecule has 5 heteroatoms. The number of furan rings is 1. The lowest BCUT2D eigenvalue weighted by molar-refractivity contribution is 0.671. The van der Waals surface area contributed by atoms with Crippen LogP contribution in [0, 0.1) is 0 Å². The van der Waals surface area contributed by atoms with Crippen molar-refractivity contribution < 1.29 is 4.42 Å². The van der Waals surface area contributed by atoms with Gasteiger partial charge in [0.2, 0.25) is 0 Å². The molecule has 62 heavy (non-hydrogen) atoms.